The fraction of sp³-hybridized carbons (Fsp3) is 0.235. The Labute approximate surface area is 144 Å². The topological polar surface area (TPSA) is 81.5 Å². The molecule has 0 fully saturated rings. The van der Waals surface area contributed by atoms with E-state index in [9.17, 15) is 14.9 Å². The fourth-order valence-corrected chi connectivity index (χ4v) is 2.92. The third-order valence-corrected chi connectivity index (χ3v) is 4.25. The van der Waals surface area contributed by atoms with Crippen molar-refractivity contribution < 1.29 is 14.5 Å². The molecule has 2 aromatic rings. The Morgan fingerprint density at radius 1 is 1.29 bits per heavy atom. The van der Waals surface area contributed by atoms with Crippen molar-refractivity contribution in [3.63, 3.8) is 0 Å². The van der Waals surface area contributed by atoms with Gasteiger partial charge in [-0.2, -0.15) is 0 Å². The second-order valence-corrected chi connectivity index (χ2v) is 6.16. The van der Waals surface area contributed by atoms with Crippen molar-refractivity contribution in [1.29, 1.82) is 0 Å². The number of hydrogen-bond acceptors (Lipinski definition) is 5. The van der Waals surface area contributed by atoms with Crippen LogP contribution in [0.15, 0.2) is 42.5 Å². The molecule has 0 aliphatic heterocycles. The Balaban J connectivity index is 1.88. The van der Waals surface area contributed by atoms with Crippen molar-refractivity contribution in [3.8, 4) is 5.75 Å². The summed E-state index contributed by atoms with van der Waals surface area (Å²) in [6.45, 7) is 1.96. The first kappa shape index (κ1) is 17.8. The minimum atomic E-state index is -0.475. The summed E-state index contributed by atoms with van der Waals surface area (Å²) in [6, 6.07) is 12.4. The molecule has 0 aromatic heterocycles. The minimum Gasteiger partial charge on any atom is -0.490 e. The zero-order valence-electron chi connectivity index (χ0n) is 13.4. The van der Waals surface area contributed by atoms with E-state index in [1.165, 1.54) is 24.9 Å². The first-order valence-corrected chi connectivity index (χ1v) is 8.40. The van der Waals surface area contributed by atoms with Crippen LogP contribution in [-0.4, -0.2) is 23.7 Å². The molecule has 24 heavy (non-hydrogen) atoms. The maximum absolute atomic E-state index is 11.9. The quantitative estimate of drug-likeness (QED) is 0.609. The third kappa shape index (κ3) is 4.99. The van der Waals surface area contributed by atoms with E-state index in [1.807, 2.05) is 31.2 Å². The lowest BCUT2D eigenvalue weighted by Gasteiger charge is -2.07. The number of rotatable bonds is 7. The molecule has 0 heterocycles. The van der Waals surface area contributed by atoms with Gasteiger partial charge in [-0.3, -0.25) is 14.9 Å². The molecule has 0 saturated carbocycles. The van der Waals surface area contributed by atoms with Crippen molar-refractivity contribution in [3.05, 3.63) is 63.7 Å². The third-order valence-electron chi connectivity index (χ3n) is 3.24. The van der Waals surface area contributed by atoms with Gasteiger partial charge in [-0.1, -0.05) is 18.2 Å². The normalized spacial score (nSPS) is 10.2. The van der Waals surface area contributed by atoms with Gasteiger partial charge < -0.3 is 10.1 Å². The van der Waals surface area contributed by atoms with Crippen molar-refractivity contribution in [2.24, 2.45) is 0 Å². The van der Waals surface area contributed by atoms with Gasteiger partial charge in [-0.25, -0.2) is 0 Å². The lowest BCUT2D eigenvalue weighted by atomic mass is 10.2. The number of thioether (sulfide) groups is 1. The van der Waals surface area contributed by atoms with Gasteiger partial charge in [0.2, 0.25) is 5.91 Å². The summed E-state index contributed by atoms with van der Waals surface area (Å²) in [5.41, 5.74) is 2.54. The molecule has 0 spiro atoms. The molecule has 0 radical (unpaired) electrons. The first-order valence-electron chi connectivity index (χ1n) is 7.25. The minimum absolute atomic E-state index is 0.0696. The molecule has 1 amide bonds. The van der Waals surface area contributed by atoms with Crippen LogP contribution in [0.4, 0.5) is 11.4 Å². The van der Waals surface area contributed by atoms with Crippen molar-refractivity contribution in [2.75, 3.05) is 18.2 Å². The van der Waals surface area contributed by atoms with Crippen LogP contribution < -0.4 is 10.1 Å². The number of aryl methyl sites for hydroxylation is 1. The maximum Gasteiger partial charge on any atom is 0.311 e. The summed E-state index contributed by atoms with van der Waals surface area (Å²) >= 11 is 1.40. The van der Waals surface area contributed by atoms with Gasteiger partial charge in [-0.15, -0.1) is 11.8 Å². The second kappa shape index (κ2) is 8.35. The molecular formula is C17H18N2O4S. The van der Waals surface area contributed by atoms with Gasteiger partial charge in [0.05, 0.1) is 17.8 Å². The number of nitro groups is 1. The molecule has 0 bridgehead atoms. The van der Waals surface area contributed by atoms with Crippen LogP contribution in [0.3, 0.4) is 0 Å². The van der Waals surface area contributed by atoms with E-state index in [2.05, 4.69) is 5.32 Å². The molecule has 126 valence electrons. The van der Waals surface area contributed by atoms with Gasteiger partial charge in [0, 0.05) is 17.5 Å². The number of benzene rings is 2. The zero-order valence-corrected chi connectivity index (χ0v) is 14.3. The van der Waals surface area contributed by atoms with Crippen LogP contribution in [0.25, 0.3) is 0 Å². The number of nitro benzene ring substituents is 1. The number of amides is 1. The van der Waals surface area contributed by atoms with E-state index in [0.29, 0.717) is 5.75 Å². The number of carbonyl (C=O) groups excluding carboxylic acids is 1. The van der Waals surface area contributed by atoms with Gasteiger partial charge in [0.25, 0.3) is 0 Å². The Morgan fingerprint density at radius 2 is 2.08 bits per heavy atom. The standard InChI is InChI=1S/C17H18N2O4S/c1-12-4-3-5-14(8-12)18-17(20)11-24-10-13-6-7-16(23-2)15(9-13)19(21)22/h3-9H,10-11H2,1-2H3,(H,18,20). The van der Waals surface area contributed by atoms with Crippen molar-refractivity contribution in [2.45, 2.75) is 12.7 Å². The summed E-state index contributed by atoms with van der Waals surface area (Å²) in [4.78, 5) is 22.5. The van der Waals surface area contributed by atoms with Crippen LogP contribution in [0.2, 0.25) is 0 Å². The highest BCUT2D eigenvalue weighted by Crippen LogP contribution is 2.29. The molecule has 1 N–H and O–H groups in total. The summed E-state index contributed by atoms with van der Waals surface area (Å²) in [5, 5.41) is 13.8. The van der Waals surface area contributed by atoms with Crippen LogP contribution in [0.5, 0.6) is 5.75 Å². The van der Waals surface area contributed by atoms with Crippen LogP contribution in [-0.2, 0) is 10.5 Å². The highest BCUT2D eigenvalue weighted by Gasteiger charge is 2.15. The Morgan fingerprint density at radius 3 is 2.75 bits per heavy atom. The predicted octanol–water partition coefficient (Wildman–Crippen LogP) is 3.78. The Hall–Kier alpha value is -2.54. The summed E-state index contributed by atoms with van der Waals surface area (Å²) in [7, 11) is 1.40. The van der Waals surface area contributed by atoms with E-state index >= 15 is 0 Å². The summed E-state index contributed by atoms with van der Waals surface area (Å²) < 4.78 is 4.97. The lowest BCUT2D eigenvalue weighted by Crippen LogP contribution is -2.14. The molecule has 0 aliphatic rings. The number of methoxy groups -OCH3 is 1. The number of nitrogens with zero attached hydrogens (tertiary/aromatic N) is 1. The maximum atomic E-state index is 11.9. The number of carbonyl (C=O) groups is 1. The van der Waals surface area contributed by atoms with Gasteiger partial charge in [0.15, 0.2) is 5.75 Å². The van der Waals surface area contributed by atoms with Gasteiger partial charge in [0.1, 0.15) is 0 Å². The number of hydrogen-bond donors (Lipinski definition) is 1. The highest BCUT2D eigenvalue weighted by molar-refractivity contribution is 7.99. The molecule has 2 rings (SSSR count). The van der Waals surface area contributed by atoms with Crippen LogP contribution in [0.1, 0.15) is 11.1 Å². The fourth-order valence-electron chi connectivity index (χ4n) is 2.15. The Kier molecular flexibility index (Phi) is 6.20. The summed E-state index contributed by atoms with van der Waals surface area (Å²) in [6.07, 6.45) is 0. The SMILES string of the molecule is COc1ccc(CSCC(=O)Nc2cccc(C)c2)cc1[N+](=O)[O-]. The average molecular weight is 346 g/mol. The molecule has 0 atom stereocenters. The van der Waals surface area contributed by atoms with Gasteiger partial charge >= 0.3 is 5.69 Å². The van der Waals surface area contributed by atoms with E-state index in [0.717, 1.165) is 16.8 Å². The number of ether oxygens (including phenoxy) is 1. The smallest absolute Gasteiger partial charge is 0.311 e. The average Bonchev–Trinajstić information content (AvgIpc) is 2.54. The van der Waals surface area contributed by atoms with Crippen LogP contribution >= 0.6 is 11.8 Å². The zero-order chi connectivity index (χ0) is 17.5. The molecular weight excluding hydrogens is 328 g/mol. The molecule has 0 aliphatic carbocycles. The van der Waals surface area contributed by atoms with E-state index in [4.69, 9.17) is 4.74 Å². The van der Waals surface area contributed by atoms with Crippen molar-refractivity contribution >= 4 is 29.0 Å². The van der Waals surface area contributed by atoms with E-state index in [1.54, 1.807) is 12.1 Å². The molecule has 2 aromatic carbocycles. The largest absolute Gasteiger partial charge is 0.490 e. The van der Waals surface area contributed by atoms with E-state index in [-0.39, 0.29) is 23.1 Å². The van der Waals surface area contributed by atoms with Gasteiger partial charge in [-0.05, 0) is 36.2 Å². The van der Waals surface area contributed by atoms with E-state index < -0.39 is 4.92 Å². The number of anilines is 1. The summed E-state index contributed by atoms with van der Waals surface area (Å²) in [5.74, 6) is 0.902. The molecule has 0 saturated heterocycles. The predicted molar refractivity (Wildman–Crippen MR) is 95.6 cm³/mol. The monoisotopic (exact) mass is 346 g/mol. The molecule has 6 nitrogen and oxygen atoms in total. The van der Waals surface area contributed by atoms with Crippen molar-refractivity contribution in [1.82, 2.24) is 0 Å². The first-order chi connectivity index (χ1) is 11.5. The Bertz CT molecular complexity index is 749. The molecule has 7 heteroatoms. The highest BCUT2D eigenvalue weighted by atomic mass is 32.2. The lowest BCUT2D eigenvalue weighted by molar-refractivity contribution is -0.385. The van der Waals surface area contributed by atoms with Crippen LogP contribution in [0, 0.1) is 17.0 Å². The number of nitrogens with one attached hydrogen (secondary N) is 1. The second-order valence-electron chi connectivity index (χ2n) is 5.17. The molecule has 0 unspecified atom stereocenters.